The Bertz CT molecular complexity index is 1310. The number of likely N-dealkylation sites (N-methyl/N-ethyl adjacent to an activating group) is 1. The van der Waals surface area contributed by atoms with E-state index in [9.17, 15) is 4.79 Å². The van der Waals surface area contributed by atoms with Gasteiger partial charge >= 0.3 is 0 Å². The number of aromatic nitrogens is 4. The molecular weight excluding hydrogens is 430 g/mol. The lowest BCUT2D eigenvalue weighted by Crippen LogP contribution is -2.33. The predicted molar refractivity (Wildman–Crippen MR) is 130 cm³/mol. The van der Waals surface area contributed by atoms with Crippen molar-refractivity contribution in [1.29, 1.82) is 0 Å². The molecule has 1 amide bonds. The fourth-order valence-electron chi connectivity index (χ4n) is 3.93. The van der Waals surface area contributed by atoms with E-state index in [2.05, 4.69) is 37.6 Å². The number of nitrogens with one attached hydrogen (secondary N) is 1. The van der Waals surface area contributed by atoms with Crippen molar-refractivity contribution in [3.05, 3.63) is 77.8 Å². The van der Waals surface area contributed by atoms with E-state index in [-0.39, 0.29) is 5.91 Å². The number of carbonyl (C=O) groups is 1. The molecule has 172 valence electrons. The Labute approximate surface area is 197 Å². The standard InChI is InChI=1S/C25H25N7O2/c1-17-29-30-23(34-17)19-9-6-10-20(15-19)32-14-13-31(2)22-21(24(32)33)16-27-25(28-22)26-12-11-18-7-4-3-5-8-18/h3-10,15-16H,11-14H2,1-2H3,(H,26,27,28). The smallest absolute Gasteiger partial charge is 0.263 e. The van der Waals surface area contributed by atoms with Gasteiger partial charge in [-0.1, -0.05) is 36.4 Å². The molecule has 9 heteroatoms. The number of anilines is 3. The van der Waals surface area contributed by atoms with Crippen LogP contribution >= 0.6 is 0 Å². The van der Waals surface area contributed by atoms with Gasteiger partial charge in [-0.25, -0.2) is 4.98 Å². The number of carbonyl (C=O) groups excluding carboxylic acids is 1. The van der Waals surface area contributed by atoms with Crippen LogP contribution in [0.3, 0.4) is 0 Å². The zero-order valence-corrected chi connectivity index (χ0v) is 19.1. The SMILES string of the molecule is Cc1nnc(-c2cccc(N3CCN(C)c4nc(NCCc5ccccc5)ncc4C3=O)c2)o1. The monoisotopic (exact) mass is 455 g/mol. The van der Waals surface area contributed by atoms with Crippen molar-refractivity contribution in [2.75, 3.05) is 41.8 Å². The molecule has 0 spiro atoms. The number of aryl methyl sites for hydroxylation is 1. The summed E-state index contributed by atoms with van der Waals surface area (Å²) in [5, 5.41) is 11.3. The van der Waals surface area contributed by atoms with Gasteiger partial charge in [0.15, 0.2) is 0 Å². The van der Waals surface area contributed by atoms with Gasteiger partial charge in [-0.3, -0.25) is 4.79 Å². The number of hydrogen-bond donors (Lipinski definition) is 1. The van der Waals surface area contributed by atoms with Gasteiger partial charge in [0.1, 0.15) is 11.4 Å². The van der Waals surface area contributed by atoms with Gasteiger partial charge < -0.3 is 19.5 Å². The van der Waals surface area contributed by atoms with Gasteiger partial charge in [-0.15, -0.1) is 10.2 Å². The minimum Gasteiger partial charge on any atom is -0.421 e. The molecule has 1 N–H and O–H groups in total. The van der Waals surface area contributed by atoms with Crippen molar-refractivity contribution in [3.8, 4) is 11.5 Å². The first-order chi connectivity index (χ1) is 16.6. The lowest BCUT2D eigenvalue weighted by molar-refractivity contribution is 0.0989. The predicted octanol–water partition coefficient (Wildman–Crippen LogP) is 3.59. The quantitative estimate of drug-likeness (QED) is 0.471. The zero-order chi connectivity index (χ0) is 23.5. The number of benzene rings is 2. The first-order valence-corrected chi connectivity index (χ1v) is 11.2. The molecule has 0 radical (unpaired) electrons. The maximum Gasteiger partial charge on any atom is 0.263 e. The van der Waals surface area contributed by atoms with Gasteiger partial charge in [-0.05, 0) is 30.2 Å². The maximum absolute atomic E-state index is 13.5. The molecule has 0 bridgehead atoms. The Balaban J connectivity index is 1.36. The third-order valence-electron chi connectivity index (χ3n) is 5.74. The molecule has 9 nitrogen and oxygen atoms in total. The summed E-state index contributed by atoms with van der Waals surface area (Å²) in [6.45, 7) is 3.59. The third kappa shape index (κ3) is 4.45. The van der Waals surface area contributed by atoms with Crippen molar-refractivity contribution < 1.29 is 9.21 Å². The van der Waals surface area contributed by atoms with E-state index in [1.807, 2.05) is 54.4 Å². The largest absolute Gasteiger partial charge is 0.421 e. The molecule has 0 unspecified atom stereocenters. The molecule has 0 aliphatic carbocycles. The molecule has 3 heterocycles. The lowest BCUT2D eigenvalue weighted by Gasteiger charge is -2.21. The van der Waals surface area contributed by atoms with Gasteiger partial charge in [0, 0.05) is 51.1 Å². The molecule has 0 saturated heterocycles. The Morgan fingerprint density at radius 1 is 1.06 bits per heavy atom. The maximum atomic E-state index is 13.5. The average molecular weight is 456 g/mol. The number of hydrogen-bond acceptors (Lipinski definition) is 8. The third-order valence-corrected chi connectivity index (χ3v) is 5.74. The first-order valence-electron chi connectivity index (χ1n) is 11.2. The van der Waals surface area contributed by atoms with E-state index in [0.717, 1.165) is 17.7 Å². The highest BCUT2D eigenvalue weighted by molar-refractivity contribution is 6.09. The summed E-state index contributed by atoms with van der Waals surface area (Å²) in [6.07, 6.45) is 2.47. The van der Waals surface area contributed by atoms with Crippen LogP contribution in [0.15, 0.2) is 65.2 Å². The Hall–Kier alpha value is -4.27. The van der Waals surface area contributed by atoms with E-state index in [0.29, 0.717) is 48.7 Å². The van der Waals surface area contributed by atoms with Gasteiger partial charge in [0.2, 0.25) is 17.7 Å². The average Bonchev–Trinajstić information content (AvgIpc) is 3.26. The molecular formula is C25H25N7O2. The molecule has 1 aliphatic rings. The molecule has 34 heavy (non-hydrogen) atoms. The number of nitrogens with zero attached hydrogens (tertiary/aromatic N) is 6. The summed E-state index contributed by atoms with van der Waals surface area (Å²) in [4.78, 5) is 26.3. The number of fused-ring (bicyclic) bond motifs is 1. The summed E-state index contributed by atoms with van der Waals surface area (Å²) < 4.78 is 5.55. The Morgan fingerprint density at radius 3 is 2.71 bits per heavy atom. The lowest BCUT2D eigenvalue weighted by atomic mass is 10.1. The van der Waals surface area contributed by atoms with Crippen molar-refractivity contribution >= 4 is 23.4 Å². The summed E-state index contributed by atoms with van der Waals surface area (Å²) in [5.41, 5.74) is 3.22. The van der Waals surface area contributed by atoms with Gasteiger partial charge in [0.25, 0.3) is 5.91 Å². The van der Waals surface area contributed by atoms with Gasteiger partial charge in [-0.2, -0.15) is 4.98 Å². The van der Waals surface area contributed by atoms with E-state index >= 15 is 0 Å². The van der Waals surface area contributed by atoms with Crippen LogP contribution in [0.4, 0.5) is 17.5 Å². The molecule has 5 rings (SSSR count). The highest BCUT2D eigenvalue weighted by Gasteiger charge is 2.28. The Kier molecular flexibility index (Phi) is 5.90. The fourth-order valence-corrected chi connectivity index (χ4v) is 3.93. The van der Waals surface area contributed by atoms with E-state index < -0.39 is 0 Å². The normalized spacial score (nSPS) is 13.5. The van der Waals surface area contributed by atoms with Crippen molar-refractivity contribution in [2.24, 2.45) is 0 Å². The highest BCUT2D eigenvalue weighted by Crippen LogP contribution is 2.29. The second kappa shape index (κ2) is 9.30. The van der Waals surface area contributed by atoms with E-state index in [4.69, 9.17) is 4.42 Å². The van der Waals surface area contributed by atoms with Crippen LogP contribution in [0.5, 0.6) is 0 Å². The van der Waals surface area contributed by atoms with Gasteiger partial charge in [0.05, 0.1) is 0 Å². The summed E-state index contributed by atoms with van der Waals surface area (Å²) in [5.74, 6) is 1.90. The second-order valence-corrected chi connectivity index (χ2v) is 8.15. The fraction of sp³-hybridized carbons (Fsp3) is 0.240. The Morgan fingerprint density at radius 2 is 1.91 bits per heavy atom. The highest BCUT2D eigenvalue weighted by atomic mass is 16.4. The first kappa shape index (κ1) is 21.6. The molecule has 2 aromatic heterocycles. The summed E-state index contributed by atoms with van der Waals surface area (Å²) in [6, 6.07) is 17.8. The molecule has 0 saturated carbocycles. The van der Waals surface area contributed by atoms with Crippen molar-refractivity contribution in [1.82, 2.24) is 20.2 Å². The van der Waals surface area contributed by atoms with Crippen LogP contribution in [0.1, 0.15) is 21.8 Å². The topological polar surface area (TPSA) is 100 Å². The van der Waals surface area contributed by atoms with Crippen LogP contribution in [-0.2, 0) is 6.42 Å². The minimum atomic E-state index is -0.144. The van der Waals surface area contributed by atoms with Crippen LogP contribution < -0.4 is 15.1 Å². The van der Waals surface area contributed by atoms with Crippen LogP contribution in [0.25, 0.3) is 11.5 Å². The number of rotatable bonds is 6. The zero-order valence-electron chi connectivity index (χ0n) is 19.1. The molecule has 0 fully saturated rings. The summed E-state index contributed by atoms with van der Waals surface area (Å²) >= 11 is 0. The van der Waals surface area contributed by atoms with E-state index in [1.54, 1.807) is 18.0 Å². The van der Waals surface area contributed by atoms with E-state index in [1.165, 1.54) is 5.56 Å². The summed E-state index contributed by atoms with van der Waals surface area (Å²) in [7, 11) is 1.94. The van der Waals surface area contributed by atoms with Crippen LogP contribution in [0, 0.1) is 6.92 Å². The van der Waals surface area contributed by atoms with Crippen molar-refractivity contribution in [2.45, 2.75) is 13.3 Å². The molecule has 4 aromatic rings. The molecule has 0 atom stereocenters. The van der Waals surface area contributed by atoms with Crippen LogP contribution in [-0.4, -0.2) is 52.8 Å². The van der Waals surface area contributed by atoms with Crippen LogP contribution in [0.2, 0.25) is 0 Å². The van der Waals surface area contributed by atoms with Crippen molar-refractivity contribution in [3.63, 3.8) is 0 Å². The second-order valence-electron chi connectivity index (χ2n) is 8.15. The minimum absolute atomic E-state index is 0.144. The molecule has 1 aliphatic heterocycles. The number of amides is 1. The molecule has 2 aromatic carbocycles.